The van der Waals surface area contributed by atoms with Crippen molar-refractivity contribution >= 4 is 22.6 Å². The normalized spacial score (nSPS) is 16.6. The molecule has 1 aromatic heterocycles. The van der Waals surface area contributed by atoms with E-state index in [1.807, 2.05) is 26.0 Å². The monoisotopic (exact) mass is 337 g/mol. The number of aryl methyl sites for hydroxylation is 2. The Morgan fingerprint density at radius 3 is 2.80 bits per heavy atom. The fourth-order valence-electron chi connectivity index (χ4n) is 3.56. The minimum absolute atomic E-state index is 0.000784. The van der Waals surface area contributed by atoms with Crippen LogP contribution in [0.3, 0.4) is 0 Å². The number of ether oxygens (including phenoxy) is 1. The Hall–Kier alpha value is -2.95. The Labute approximate surface area is 145 Å². The van der Waals surface area contributed by atoms with Crippen LogP contribution in [0.5, 0.6) is 11.5 Å². The molecular formula is C20H19NO4. The third-order valence-corrected chi connectivity index (χ3v) is 4.84. The van der Waals surface area contributed by atoms with E-state index in [4.69, 9.17) is 9.15 Å². The molecule has 0 radical (unpaired) electrons. The van der Waals surface area contributed by atoms with Gasteiger partial charge in [-0.3, -0.25) is 4.79 Å². The van der Waals surface area contributed by atoms with Gasteiger partial charge in [-0.15, -0.1) is 0 Å². The quantitative estimate of drug-likeness (QED) is 0.734. The van der Waals surface area contributed by atoms with E-state index in [1.165, 1.54) is 13.2 Å². The molecule has 2 heterocycles. The Morgan fingerprint density at radius 1 is 1.24 bits per heavy atom. The summed E-state index contributed by atoms with van der Waals surface area (Å²) >= 11 is 0. The van der Waals surface area contributed by atoms with Crippen molar-refractivity contribution in [2.24, 2.45) is 0 Å². The first-order valence-electron chi connectivity index (χ1n) is 8.18. The van der Waals surface area contributed by atoms with Crippen molar-refractivity contribution in [1.82, 2.24) is 0 Å². The molecule has 5 nitrogen and oxygen atoms in total. The predicted octanol–water partition coefficient (Wildman–Crippen LogP) is 4.24. The largest absolute Gasteiger partial charge is 0.504 e. The Bertz CT molecular complexity index is 1000. The second-order valence-corrected chi connectivity index (χ2v) is 6.51. The van der Waals surface area contributed by atoms with Gasteiger partial charge in [-0.1, -0.05) is 11.6 Å². The minimum atomic E-state index is -0.217. The molecule has 1 atom stereocenters. The number of furan rings is 1. The summed E-state index contributed by atoms with van der Waals surface area (Å²) in [6, 6.07) is 9.37. The summed E-state index contributed by atoms with van der Waals surface area (Å²) in [6.45, 7) is 4.06. The summed E-state index contributed by atoms with van der Waals surface area (Å²) in [4.78, 5) is 12.2. The van der Waals surface area contributed by atoms with Crippen molar-refractivity contribution in [3.63, 3.8) is 0 Å². The zero-order chi connectivity index (χ0) is 17.7. The van der Waals surface area contributed by atoms with E-state index in [-0.39, 0.29) is 17.6 Å². The lowest BCUT2D eigenvalue weighted by Gasteiger charge is -2.25. The first kappa shape index (κ1) is 15.6. The molecule has 25 heavy (non-hydrogen) atoms. The van der Waals surface area contributed by atoms with Crippen LogP contribution in [0, 0.1) is 13.8 Å². The van der Waals surface area contributed by atoms with Gasteiger partial charge >= 0.3 is 0 Å². The van der Waals surface area contributed by atoms with E-state index in [2.05, 4.69) is 11.4 Å². The van der Waals surface area contributed by atoms with Gasteiger partial charge in [-0.05, 0) is 43.2 Å². The number of carbonyl (C=O) groups excluding carboxylic acids is 1. The first-order chi connectivity index (χ1) is 12.0. The number of benzene rings is 2. The highest BCUT2D eigenvalue weighted by Crippen LogP contribution is 2.45. The number of rotatable bonds is 2. The zero-order valence-corrected chi connectivity index (χ0v) is 14.3. The van der Waals surface area contributed by atoms with Crippen molar-refractivity contribution < 1.29 is 19.1 Å². The lowest BCUT2D eigenvalue weighted by molar-refractivity contribution is -0.116. The SMILES string of the molecule is COc1cc2c(cc1O)NC(=O)CC2c1oc2ccc(C)cc2c1C. The average Bonchev–Trinajstić information content (AvgIpc) is 2.90. The van der Waals surface area contributed by atoms with Gasteiger partial charge in [0.2, 0.25) is 5.91 Å². The Morgan fingerprint density at radius 2 is 2.04 bits per heavy atom. The van der Waals surface area contributed by atoms with Gasteiger partial charge in [0.15, 0.2) is 11.5 Å². The molecule has 2 aromatic carbocycles. The average molecular weight is 337 g/mol. The molecule has 5 heteroatoms. The highest BCUT2D eigenvalue weighted by atomic mass is 16.5. The van der Waals surface area contributed by atoms with E-state index >= 15 is 0 Å². The summed E-state index contributed by atoms with van der Waals surface area (Å²) < 4.78 is 11.4. The van der Waals surface area contributed by atoms with Gasteiger partial charge in [0.05, 0.1) is 13.0 Å². The van der Waals surface area contributed by atoms with E-state index < -0.39 is 0 Å². The van der Waals surface area contributed by atoms with E-state index in [1.54, 1.807) is 6.07 Å². The van der Waals surface area contributed by atoms with Crippen molar-refractivity contribution in [3.05, 3.63) is 52.8 Å². The summed E-state index contributed by atoms with van der Waals surface area (Å²) in [5.74, 6) is 0.845. The van der Waals surface area contributed by atoms with E-state index in [0.29, 0.717) is 17.9 Å². The smallest absolute Gasteiger partial charge is 0.225 e. The number of fused-ring (bicyclic) bond motifs is 2. The fourth-order valence-corrected chi connectivity index (χ4v) is 3.56. The molecule has 3 aromatic rings. The van der Waals surface area contributed by atoms with Gasteiger partial charge in [-0.2, -0.15) is 0 Å². The third-order valence-electron chi connectivity index (χ3n) is 4.84. The van der Waals surface area contributed by atoms with Crippen LogP contribution in [-0.2, 0) is 4.79 Å². The second-order valence-electron chi connectivity index (χ2n) is 6.51. The molecule has 1 amide bonds. The van der Waals surface area contributed by atoms with E-state index in [0.717, 1.165) is 33.4 Å². The van der Waals surface area contributed by atoms with Gasteiger partial charge in [0, 0.05) is 23.6 Å². The molecule has 4 rings (SSSR count). The number of hydrogen-bond donors (Lipinski definition) is 2. The maximum atomic E-state index is 12.2. The van der Waals surface area contributed by atoms with Gasteiger partial charge in [0.1, 0.15) is 11.3 Å². The molecule has 0 bridgehead atoms. The van der Waals surface area contributed by atoms with Crippen molar-refractivity contribution in [2.45, 2.75) is 26.2 Å². The van der Waals surface area contributed by atoms with Crippen molar-refractivity contribution in [2.75, 3.05) is 12.4 Å². The number of phenolic OH excluding ortho intramolecular Hbond substituents is 1. The van der Waals surface area contributed by atoms with Crippen LogP contribution in [0.2, 0.25) is 0 Å². The molecule has 0 saturated carbocycles. The van der Waals surface area contributed by atoms with Crippen LogP contribution in [0.4, 0.5) is 5.69 Å². The van der Waals surface area contributed by atoms with E-state index in [9.17, 15) is 9.90 Å². The number of aromatic hydroxyl groups is 1. The summed E-state index contributed by atoms with van der Waals surface area (Å²) in [5, 5.41) is 13.9. The number of anilines is 1. The number of carbonyl (C=O) groups is 1. The fraction of sp³-hybridized carbons (Fsp3) is 0.250. The van der Waals surface area contributed by atoms with Crippen LogP contribution in [0.25, 0.3) is 11.0 Å². The maximum Gasteiger partial charge on any atom is 0.225 e. The molecule has 1 unspecified atom stereocenters. The third kappa shape index (κ3) is 2.43. The number of amides is 1. The molecule has 0 spiro atoms. The predicted molar refractivity (Wildman–Crippen MR) is 95.4 cm³/mol. The van der Waals surface area contributed by atoms with Crippen LogP contribution < -0.4 is 10.1 Å². The lowest BCUT2D eigenvalue weighted by Crippen LogP contribution is -2.23. The van der Waals surface area contributed by atoms with Gasteiger partial charge in [-0.25, -0.2) is 0 Å². The van der Waals surface area contributed by atoms with Crippen LogP contribution in [0.15, 0.2) is 34.7 Å². The Balaban J connectivity index is 1.92. The number of methoxy groups -OCH3 is 1. The van der Waals surface area contributed by atoms with Crippen LogP contribution >= 0.6 is 0 Å². The van der Waals surface area contributed by atoms with Gasteiger partial charge in [0.25, 0.3) is 0 Å². The summed E-state index contributed by atoms with van der Waals surface area (Å²) in [5.41, 5.74) is 4.49. The highest BCUT2D eigenvalue weighted by Gasteiger charge is 2.32. The topological polar surface area (TPSA) is 71.7 Å². The lowest BCUT2D eigenvalue weighted by atomic mass is 9.86. The van der Waals surface area contributed by atoms with Crippen molar-refractivity contribution in [1.29, 1.82) is 0 Å². The molecule has 2 N–H and O–H groups in total. The molecule has 0 aliphatic carbocycles. The minimum Gasteiger partial charge on any atom is -0.504 e. The maximum absolute atomic E-state index is 12.2. The summed E-state index contributed by atoms with van der Waals surface area (Å²) in [7, 11) is 1.51. The van der Waals surface area contributed by atoms with Crippen LogP contribution in [-0.4, -0.2) is 18.1 Å². The summed E-state index contributed by atoms with van der Waals surface area (Å²) in [6.07, 6.45) is 0.292. The molecule has 1 aliphatic heterocycles. The van der Waals surface area contributed by atoms with Crippen LogP contribution in [0.1, 0.15) is 34.8 Å². The molecular weight excluding hydrogens is 318 g/mol. The highest BCUT2D eigenvalue weighted by molar-refractivity contribution is 5.96. The van der Waals surface area contributed by atoms with Gasteiger partial charge < -0.3 is 19.6 Å². The molecule has 0 saturated heterocycles. The molecule has 128 valence electrons. The standard InChI is InChI=1S/C20H19NO4/c1-10-4-5-17-12(6-10)11(2)20(25-17)14-8-19(23)21-15-9-16(22)18(24-3)7-13(14)15/h4-7,9,14,22H,8H2,1-3H3,(H,21,23). The number of phenols is 1. The number of nitrogens with one attached hydrogen (secondary N) is 1. The molecule has 0 fully saturated rings. The Kier molecular flexibility index (Phi) is 3.46. The second kappa shape index (κ2) is 5.55. The first-order valence-corrected chi connectivity index (χ1v) is 8.18. The zero-order valence-electron chi connectivity index (χ0n) is 14.3. The number of hydrogen-bond acceptors (Lipinski definition) is 4. The molecule has 1 aliphatic rings. The van der Waals surface area contributed by atoms with Crippen molar-refractivity contribution in [3.8, 4) is 11.5 Å².